The minimum absolute atomic E-state index is 0.136. The van der Waals surface area contributed by atoms with Crippen molar-refractivity contribution in [2.45, 2.75) is 44.7 Å². The van der Waals surface area contributed by atoms with Crippen molar-refractivity contribution < 1.29 is 4.79 Å². The lowest BCUT2D eigenvalue weighted by molar-refractivity contribution is -0.111. The number of nitrogens with zero attached hydrogens (tertiary/aromatic N) is 2. The van der Waals surface area contributed by atoms with Crippen molar-refractivity contribution in [2.24, 2.45) is 0 Å². The predicted molar refractivity (Wildman–Crippen MR) is 107 cm³/mol. The second-order valence-corrected chi connectivity index (χ2v) is 6.94. The van der Waals surface area contributed by atoms with Crippen LogP contribution in [0.5, 0.6) is 0 Å². The van der Waals surface area contributed by atoms with Gasteiger partial charge in [-0.3, -0.25) is 14.7 Å². The highest BCUT2D eigenvalue weighted by atomic mass is 16.1. The Balaban J connectivity index is 1.63. The lowest BCUT2D eigenvalue weighted by Crippen LogP contribution is -2.33. The summed E-state index contributed by atoms with van der Waals surface area (Å²) in [6, 6.07) is 14.3. The molecule has 4 heteroatoms. The van der Waals surface area contributed by atoms with Gasteiger partial charge in [-0.2, -0.15) is 0 Å². The van der Waals surface area contributed by atoms with E-state index in [0.29, 0.717) is 6.04 Å². The Bertz CT molecular complexity index is 736. The zero-order valence-corrected chi connectivity index (χ0v) is 15.4. The number of hydrogen-bond donors (Lipinski definition) is 1. The average molecular weight is 349 g/mol. The fraction of sp³-hybridized carbons (Fsp3) is 0.364. The third-order valence-corrected chi connectivity index (χ3v) is 4.99. The number of para-hydroxylation sites is 1. The Morgan fingerprint density at radius 1 is 1.15 bits per heavy atom. The summed E-state index contributed by atoms with van der Waals surface area (Å²) in [5.74, 6) is -0.136. The smallest absolute Gasteiger partial charge is 0.248 e. The van der Waals surface area contributed by atoms with Crippen LogP contribution in [0, 0.1) is 0 Å². The van der Waals surface area contributed by atoms with Gasteiger partial charge >= 0.3 is 0 Å². The normalized spacial score (nSPS) is 15.5. The number of benzene rings is 1. The van der Waals surface area contributed by atoms with Gasteiger partial charge in [-0.1, -0.05) is 43.5 Å². The van der Waals surface area contributed by atoms with Gasteiger partial charge in [0.15, 0.2) is 0 Å². The lowest BCUT2D eigenvalue weighted by Gasteiger charge is -2.31. The Hall–Kier alpha value is -2.46. The first-order valence-corrected chi connectivity index (χ1v) is 9.40. The first-order valence-electron chi connectivity index (χ1n) is 9.40. The summed E-state index contributed by atoms with van der Waals surface area (Å²) >= 11 is 0. The van der Waals surface area contributed by atoms with Crippen molar-refractivity contribution in [2.75, 3.05) is 12.4 Å². The monoisotopic (exact) mass is 349 g/mol. The molecule has 1 fully saturated rings. The molecule has 0 unspecified atom stereocenters. The molecule has 2 aromatic rings. The molecule has 0 radical (unpaired) electrons. The molecule has 1 aromatic heterocycles. The zero-order chi connectivity index (χ0) is 18.2. The molecule has 0 spiro atoms. The van der Waals surface area contributed by atoms with E-state index in [1.54, 1.807) is 12.3 Å². The quantitative estimate of drug-likeness (QED) is 0.781. The second kappa shape index (κ2) is 9.30. The van der Waals surface area contributed by atoms with Gasteiger partial charge in [0.1, 0.15) is 0 Å². The molecule has 136 valence electrons. The van der Waals surface area contributed by atoms with Crippen LogP contribution in [0.1, 0.15) is 43.4 Å². The van der Waals surface area contributed by atoms with E-state index in [1.165, 1.54) is 38.2 Å². The number of rotatable bonds is 6. The molecule has 1 saturated carbocycles. The summed E-state index contributed by atoms with van der Waals surface area (Å²) in [5.41, 5.74) is 2.80. The van der Waals surface area contributed by atoms with Crippen molar-refractivity contribution in [3.8, 4) is 0 Å². The van der Waals surface area contributed by atoms with Crippen LogP contribution < -0.4 is 5.32 Å². The van der Waals surface area contributed by atoms with Gasteiger partial charge in [0.2, 0.25) is 5.91 Å². The molecule has 0 bridgehead atoms. The molecule has 3 rings (SSSR count). The van der Waals surface area contributed by atoms with Crippen molar-refractivity contribution in [1.29, 1.82) is 0 Å². The highest BCUT2D eigenvalue weighted by Gasteiger charge is 2.18. The van der Waals surface area contributed by atoms with Crippen molar-refractivity contribution in [3.63, 3.8) is 0 Å². The molecule has 1 heterocycles. The van der Waals surface area contributed by atoms with E-state index in [4.69, 9.17) is 0 Å². The number of hydrogen-bond acceptors (Lipinski definition) is 3. The van der Waals surface area contributed by atoms with Crippen molar-refractivity contribution in [1.82, 2.24) is 9.88 Å². The number of amides is 1. The van der Waals surface area contributed by atoms with Crippen LogP contribution in [0.15, 0.2) is 54.7 Å². The van der Waals surface area contributed by atoms with E-state index in [-0.39, 0.29) is 5.91 Å². The van der Waals surface area contributed by atoms with Crippen LogP contribution in [-0.2, 0) is 11.3 Å². The minimum atomic E-state index is -0.136. The summed E-state index contributed by atoms with van der Waals surface area (Å²) < 4.78 is 0. The topological polar surface area (TPSA) is 45.2 Å². The SMILES string of the molecule is CN(Cc1ccccc1NC(=O)C=Cc1ccccn1)C1CCCCC1. The van der Waals surface area contributed by atoms with E-state index in [1.807, 2.05) is 36.4 Å². The van der Waals surface area contributed by atoms with Gasteiger partial charge in [0.05, 0.1) is 5.69 Å². The fourth-order valence-corrected chi connectivity index (χ4v) is 3.51. The molecule has 1 aliphatic rings. The molecule has 4 nitrogen and oxygen atoms in total. The van der Waals surface area contributed by atoms with Crippen molar-refractivity contribution in [3.05, 3.63) is 66.0 Å². The maximum atomic E-state index is 12.3. The Kier molecular flexibility index (Phi) is 6.56. The van der Waals surface area contributed by atoms with Gasteiger partial charge in [-0.05, 0) is 49.7 Å². The van der Waals surface area contributed by atoms with Crippen LogP contribution in [0.4, 0.5) is 5.69 Å². The number of carbonyl (C=O) groups excluding carboxylic acids is 1. The Morgan fingerprint density at radius 3 is 2.69 bits per heavy atom. The van der Waals surface area contributed by atoms with E-state index < -0.39 is 0 Å². The van der Waals surface area contributed by atoms with Crippen LogP contribution in [0.2, 0.25) is 0 Å². The molecule has 0 saturated heterocycles. The lowest BCUT2D eigenvalue weighted by atomic mass is 9.94. The number of aromatic nitrogens is 1. The number of carbonyl (C=O) groups is 1. The molecule has 1 aliphatic carbocycles. The third-order valence-electron chi connectivity index (χ3n) is 4.99. The molecular formula is C22H27N3O. The molecule has 1 aromatic carbocycles. The molecule has 0 atom stereocenters. The van der Waals surface area contributed by atoms with Crippen molar-refractivity contribution >= 4 is 17.7 Å². The van der Waals surface area contributed by atoms with Crippen LogP contribution in [0.3, 0.4) is 0 Å². The maximum absolute atomic E-state index is 12.3. The van der Waals surface area contributed by atoms with E-state index in [2.05, 4.69) is 28.3 Å². The predicted octanol–water partition coefficient (Wildman–Crippen LogP) is 4.50. The van der Waals surface area contributed by atoms with Gasteiger partial charge in [0, 0.05) is 30.5 Å². The molecule has 1 N–H and O–H groups in total. The summed E-state index contributed by atoms with van der Waals surface area (Å²) in [6.45, 7) is 0.852. The van der Waals surface area contributed by atoms with Gasteiger partial charge in [-0.15, -0.1) is 0 Å². The standard InChI is InChI=1S/C22H27N3O/c1-25(20-11-3-2-4-12-20)17-18-9-5-6-13-21(18)24-22(26)15-14-19-10-7-8-16-23-19/h5-10,13-16,20H,2-4,11-12,17H2,1H3,(H,24,26). The zero-order valence-electron chi connectivity index (χ0n) is 15.4. The Morgan fingerprint density at radius 2 is 1.92 bits per heavy atom. The van der Waals surface area contributed by atoms with Crippen LogP contribution >= 0.6 is 0 Å². The Labute approximate surface area is 155 Å². The molecule has 0 aliphatic heterocycles. The molecular weight excluding hydrogens is 322 g/mol. The summed E-state index contributed by atoms with van der Waals surface area (Å²) in [7, 11) is 2.19. The van der Waals surface area contributed by atoms with Gasteiger partial charge < -0.3 is 5.32 Å². The molecule has 26 heavy (non-hydrogen) atoms. The van der Waals surface area contributed by atoms with E-state index in [9.17, 15) is 4.79 Å². The highest BCUT2D eigenvalue weighted by Crippen LogP contribution is 2.24. The van der Waals surface area contributed by atoms with Crippen LogP contribution in [-0.4, -0.2) is 28.9 Å². The first-order chi connectivity index (χ1) is 12.7. The maximum Gasteiger partial charge on any atom is 0.248 e. The van der Waals surface area contributed by atoms with Gasteiger partial charge in [0.25, 0.3) is 0 Å². The largest absolute Gasteiger partial charge is 0.322 e. The number of anilines is 1. The van der Waals surface area contributed by atoms with E-state index >= 15 is 0 Å². The summed E-state index contributed by atoms with van der Waals surface area (Å²) in [6.07, 6.45) is 11.5. The van der Waals surface area contributed by atoms with E-state index in [0.717, 1.165) is 23.5 Å². The summed E-state index contributed by atoms with van der Waals surface area (Å²) in [5, 5.41) is 3.01. The third kappa shape index (κ3) is 5.27. The average Bonchev–Trinajstić information content (AvgIpc) is 2.69. The fourth-order valence-electron chi connectivity index (χ4n) is 3.51. The number of nitrogens with one attached hydrogen (secondary N) is 1. The first kappa shape index (κ1) is 18.3. The highest BCUT2D eigenvalue weighted by molar-refractivity contribution is 6.02. The van der Waals surface area contributed by atoms with Crippen LogP contribution in [0.25, 0.3) is 6.08 Å². The second-order valence-electron chi connectivity index (χ2n) is 6.94. The summed E-state index contributed by atoms with van der Waals surface area (Å²) in [4.78, 5) is 18.9. The molecule has 1 amide bonds. The number of pyridine rings is 1. The van der Waals surface area contributed by atoms with Gasteiger partial charge in [-0.25, -0.2) is 0 Å². The minimum Gasteiger partial charge on any atom is -0.322 e.